The smallest absolute Gasteiger partial charge is 0.238 e. The molecule has 0 aromatic heterocycles. The molecule has 0 radical (unpaired) electrons. The number of carbonyl (C=O) groups excluding carboxylic acids is 1. The first-order valence-corrected chi connectivity index (χ1v) is 6.67. The van der Waals surface area contributed by atoms with Crippen LogP contribution in [-0.4, -0.2) is 36.5 Å². The molecular formula is C14H19F2N3O. The van der Waals surface area contributed by atoms with E-state index in [0.29, 0.717) is 12.5 Å². The van der Waals surface area contributed by atoms with Crippen LogP contribution in [0.2, 0.25) is 0 Å². The van der Waals surface area contributed by atoms with Gasteiger partial charge in [0.25, 0.3) is 0 Å². The van der Waals surface area contributed by atoms with Crippen LogP contribution in [0.4, 0.5) is 14.5 Å². The topological polar surface area (TPSA) is 58.4 Å². The van der Waals surface area contributed by atoms with Crippen molar-refractivity contribution >= 4 is 11.6 Å². The van der Waals surface area contributed by atoms with Crippen LogP contribution in [0.3, 0.4) is 0 Å². The Morgan fingerprint density at radius 3 is 2.80 bits per heavy atom. The Labute approximate surface area is 116 Å². The lowest BCUT2D eigenvalue weighted by Crippen LogP contribution is -2.48. The zero-order valence-corrected chi connectivity index (χ0v) is 11.4. The van der Waals surface area contributed by atoms with Crippen molar-refractivity contribution in [2.75, 3.05) is 25.0 Å². The van der Waals surface area contributed by atoms with Crippen LogP contribution in [0.15, 0.2) is 18.2 Å². The molecule has 1 aromatic carbocycles. The van der Waals surface area contributed by atoms with Gasteiger partial charge in [0.05, 0.1) is 6.54 Å². The fourth-order valence-electron chi connectivity index (χ4n) is 2.62. The van der Waals surface area contributed by atoms with Gasteiger partial charge >= 0.3 is 0 Å². The molecule has 0 bridgehead atoms. The molecule has 1 fully saturated rings. The van der Waals surface area contributed by atoms with Crippen molar-refractivity contribution in [2.45, 2.75) is 19.4 Å². The summed E-state index contributed by atoms with van der Waals surface area (Å²) in [6, 6.07) is 3.37. The Bertz CT molecular complexity index is 485. The summed E-state index contributed by atoms with van der Waals surface area (Å²) in [5, 5.41) is 2.56. The molecule has 1 saturated heterocycles. The van der Waals surface area contributed by atoms with E-state index in [-0.39, 0.29) is 24.2 Å². The maximum Gasteiger partial charge on any atom is 0.238 e. The van der Waals surface area contributed by atoms with Crippen molar-refractivity contribution in [1.82, 2.24) is 4.90 Å². The number of nitrogens with two attached hydrogens (primary N) is 1. The molecule has 1 amide bonds. The van der Waals surface area contributed by atoms with E-state index < -0.39 is 11.6 Å². The number of hydrogen-bond donors (Lipinski definition) is 2. The average molecular weight is 283 g/mol. The molecular weight excluding hydrogens is 264 g/mol. The minimum Gasteiger partial charge on any atom is -0.327 e. The number of piperidine rings is 1. The first-order valence-electron chi connectivity index (χ1n) is 6.67. The third-order valence-electron chi connectivity index (χ3n) is 3.34. The van der Waals surface area contributed by atoms with Crippen molar-refractivity contribution in [3.63, 3.8) is 0 Å². The van der Waals surface area contributed by atoms with Gasteiger partial charge in [-0.2, -0.15) is 0 Å². The Morgan fingerprint density at radius 2 is 2.15 bits per heavy atom. The van der Waals surface area contributed by atoms with E-state index in [4.69, 9.17) is 5.73 Å². The molecule has 2 rings (SSSR count). The predicted molar refractivity (Wildman–Crippen MR) is 73.2 cm³/mol. The summed E-state index contributed by atoms with van der Waals surface area (Å²) in [5.74, 6) is -1.71. The van der Waals surface area contributed by atoms with Gasteiger partial charge in [0.2, 0.25) is 5.91 Å². The fourth-order valence-corrected chi connectivity index (χ4v) is 2.62. The largest absolute Gasteiger partial charge is 0.327 e. The molecule has 110 valence electrons. The van der Waals surface area contributed by atoms with E-state index in [2.05, 4.69) is 12.2 Å². The zero-order valence-electron chi connectivity index (χ0n) is 11.4. The first kappa shape index (κ1) is 14.9. The highest BCUT2D eigenvalue weighted by molar-refractivity contribution is 5.92. The second-order valence-corrected chi connectivity index (χ2v) is 5.47. The summed E-state index contributed by atoms with van der Waals surface area (Å²) >= 11 is 0. The molecule has 20 heavy (non-hydrogen) atoms. The lowest BCUT2D eigenvalue weighted by atomic mass is 9.97. The zero-order chi connectivity index (χ0) is 14.7. The maximum atomic E-state index is 13.0. The average Bonchev–Trinajstić information content (AvgIpc) is 2.32. The molecule has 3 N–H and O–H groups in total. The molecule has 2 atom stereocenters. The normalized spacial score (nSPS) is 23.6. The van der Waals surface area contributed by atoms with Gasteiger partial charge in [-0.05, 0) is 24.5 Å². The second-order valence-electron chi connectivity index (χ2n) is 5.47. The van der Waals surface area contributed by atoms with E-state index in [1.54, 1.807) is 0 Å². The number of likely N-dealkylation sites (tertiary alicyclic amines) is 1. The number of nitrogens with one attached hydrogen (secondary N) is 1. The van der Waals surface area contributed by atoms with Crippen molar-refractivity contribution < 1.29 is 13.6 Å². The number of halogens is 2. The number of nitrogens with zero attached hydrogens (tertiary/aromatic N) is 1. The Morgan fingerprint density at radius 1 is 1.40 bits per heavy atom. The lowest BCUT2D eigenvalue weighted by molar-refractivity contribution is -0.117. The van der Waals surface area contributed by atoms with Crippen LogP contribution >= 0.6 is 0 Å². The number of carbonyl (C=O) groups is 1. The van der Waals surface area contributed by atoms with E-state index >= 15 is 0 Å². The summed E-state index contributed by atoms with van der Waals surface area (Å²) in [5.41, 5.74) is 6.17. The third-order valence-corrected chi connectivity index (χ3v) is 3.34. The molecule has 0 aliphatic carbocycles. The van der Waals surface area contributed by atoms with E-state index in [1.165, 1.54) is 6.07 Å². The first-order chi connectivity index (χ1) is 9.44. The summed E-state index contributed by atoms with van der Waals surface area (Å²) < 4.78 is 25.8. The monoisotopic (exact) mass is 283 g/mol. The molecule has 2 unspecified atom stereocenters. The van der Waals surface area contributed by atoms with Gasteiger partial charge in [0, 0.05) is 30.9 Å². The van der Waals surface area contributed by atoms with Crippen LogP contribution in [0.25, 0.3) is 0 Å². The lowest BCUT2D eigenvalue weighted by Gasteiger charge is -2.34. The molecule has 6 heteroatoms. The number of anilines is 1. The highest BCUT2D eigenvalue weighted by Crippen LogP contribution is 2.16. The SMILES string of the molecule is CC1CC(N)CN(CC(=O)Nc2ccc(F)c(F)c2)C1. The van der Waals surface area contributed by atoms with Gasteiger partial charge < -0.3 is 11.1 Å². The standard InChI is InChI=1S/C14H19F2N3O/c1-9-4-10(17)7-19(6-9)8-14(20)18-11-2-3-12(15)13(16)5-11/h2-3,5,9-10H,4,6-8,17H2,1H3,(H,18,20). The number of rotatable bonds is 3. The van der Waals surface area contributed by atoms with Crippen molar-refractivity contribution in [3.8, 4) is 0 Å². The fraction of sp³-hybridized carbons (Fsp3) is 0.500. The molecule has 1 aliphatic heterocycles. The van der Waals surface area contributed by atoms with Gasteiger partial charge in [-0.15, -0.1) is 0 Å². The van der Waals surface area contributed by atoms with Crippen molar-refractivity contribution in [2.24, 2.45) is 11.7 Å². The summed E-state index contributed by atoms with van der Waals surface area (Å²) in [6.45, 7) is 3.80. The highest BCUT2D eigenvalue weighted by Gasteiger charge is 2.23. The number of hydrogen-bond acceptors (Lipinski definition) is 3. The molecule has 1 aliphatic rings. The maximum absolute atomic E-state index is 13.0. The molecule has 1 aromatic rings. The van der Waals surface area contributed by atoms with Crippen LogP contribution in [-0.2, 0) is 4.79 Å². The van der Waals surface area contributed by atoms with Crippen molar-refractivity contribution in [3.05, 3.63) is 29.8 Å². The minimum absolute atomic E-state index is 0.0785. The van der Waals surface area contributed by atoms with Gasteiger partial charge in [0.15, 0.2) is 11.6 Å². The van der Waals surface area contributed by atoms with Gasteiger partial charge in [0.1, 0.15) is 0 Å². The second kappa shape index (κ2) is 6.28. The van der Waals surface area contributed by atoms with E-state index in [9.17, 15) is 13.6 Å². The molecule has 1 heterocycles. The van der Waals surface area contributed by atoms with Gasteiger partial charge in [-0.3, -0.25) is 9.69 Å². The summed E-state index contributed by atoms with van der Waals surface area (Å²) in [4.78, 5) is 13.9. The van der Waals surface area contributed by atoms with Crippen LogP contribution in [0, 0.1) is 17.6 Å². The third kappa shape index (κ3) is 3.98. The Hall–Kier alpha value is -1.53. The summed E-state index contributed by atoms with van der Waals surface area (Å²) in [6.07, 6.45) is 0.960. The van der Waals surface area contributed by atoms with E-state index in [1.807, 2.05) is 4.90 Å². The van der Waals surface area contributed by atoms with Gasteiger partial charge in [-0.25, -0.2) is 8.78 Å². The van der Waals surface area contributed by atoms with Crippen LogP contribution < -0.4 is 11.1 Å². The highest BCUT2D eigenvalue weighted by atomic mass is 19.2. The van der Waals surface area contributed by atoms with Crippen LogP contribution in [0.1, 0.15) is 13.3 Å². The Balaban J connectivity index is 1.90. The molecule has 0 saturated carbocycles. The minimum atomic E-state index is -0.976. The van der Waals surface area contributed by atoms with Crippen LogP contribution in [0.5, 0.6) is 0 Å². The number of amides is 1. The number of benzene rings is 1. The predicted octanol–water partition coefficient (Wildman–Crippen LogP) is 1.57. The van der Waals surface area contributed by atoms with E-state index in [0.717, 1.165) is 25.1 Å². The van der Waals surface area contributed by atoms with Gasteiger partial charge in [-0.1, -0.05) is 6.92 Å². The quantitative estimate of drug-likeness (QED) is 0.885. The summed E-state index contributed by atoms with van der Waals surface area (Å²) in [7, 11) is 0. The molecule has 0 spiro atoms. The molecule has 4 nitrogen and oxygen atoms in total. The Kier molecular flexibility index (Phi) is 4.67. The van der Waals surface area contributed by atoms with Crippen molar-refractivity contribution in [1.29, 1.82) is 0 Å².